The number of hydrogen-bond donors (Lipinski definition) is 3. The van der Waals surface area contributed by atoms with Crippen molar-refractivity contribution in [3.05, 3.63) is 47.9 Å². The quantitative estimate of drug-likeness (QED) is 0.535. The Morgan fingerprint density at radius 2 is 2.04 bits per heavy atom. The number of aliphatic hydroxyl groups excluding tert-OH is 1. The summed E-state index contributed by atoms with van der Waals surface area (Å²) in [7, 11) is 0. The van der Waals surface area contributed by atoms with Gasteiger partial charge in [0.05, 0.1) is 12.1 Å². The van der Waals surface area contributed by atoms with Gasteiger partial charge in [-0.25, -0.2) is 9.37 Å². The molecule has 0 radical (unpaired) electrons. The van der Waals surface area contributed by atoms with Gasteiger partial charge in [0, 0.05) is 24.4 Å². The molecule has 0 spiro atoms. The summed E-state index contributed by atoms with van der Waals surface area (Å²) in [6.07, 6.45) is 5.55. The Morgan fingerprint density at radius 1 is 1.22 bits per heavy atom. The third-order valence-corrected chi connectivity index (χ3v) is 4.65. The predicted molar refractivity (Wildman–Crippen MR) is 106 cm³/mol. The van der Waals surface area contributed by atoms with Gasteiger partial charge >= 0.3 is 0 Å². The summed E-state index contributed by atoms with van der Waals surface area (Å²) < 4.78 is 16.0. The average Bonchev–Trinajstić information content (AvgIpc) is 3.04. The number of aromatic nitrogens is 3. The molecule has 0 aliphatic rings. The van der Waals surface area contributed by atoms with E-state index in [2.05, 4.69) is 22.2 Å². The van der Waals surface area contributed by atoms with E-state index in [1.807, 2.05) is 22.9 Å². The van der Waals surface area contributed by atoms with Crippen LogP contribution >= 0.6 is 0 Å². The number of aliphatic hydroxyl groups is 1. The molecule has 1 atom stereocenters. The number of unbranched alkanes of at least 4 members (excludes halogenated alkanes) is 1. The molecule has 3 rings (SSSR count). The van der Waals surface area contributed by atoms with E-state index in [4.69, 9.17) is 5.73 Å². The molecule has 3 aromatic rings. The van der Waals surface area contributed by atoms with E-state index in [1.165, 1.54) is 6.07 Å². The number of nitrogens with zero attached hydrogens (tertiary/aromatic N) is 3. The molecule has 0 bridgehead atoms. The third kappa shape index (κ3) is 4.54. The van der Waals surface area contributed by atoms with Crippen molar-refractivity contribution in [3.63, 3.8) is 0 Å². The Kier molecular flexibility index (Phi) is 6.24. The summed E-state index contributed by atoms with van der Waals surface area (Å²) in [6.45, 7) is 2.61. The number of nitrogens with one attached hydrogen (secondary N) is 1. The van der Waals surface area contributed by atoms with E-state index >= 15 is 0 Å². The lowest BCUT2D eigenvalue weighted by Crippen LogP contribution is -2.22. The predicted octanol–water partition coefficient (Wildman–Crippen LogP) is 3.55. The van der Waals surface area contributed by atoms with E-state index in [0.29, 0.717) is 29.9 Å². The van der Waals surface area contributed by atoms with Crippen molar-refractivity contribution < 1.29 is 9.50 Å². The fourth-order valence-corrected chi connectivity index (χ4v) is 3.26. The van der Waals surface area contributed by atoms with Gasteiger partial charge < -0.3 is 20.7 Å². The Morgan fingerprint density at radius 3 is 2.78 bits per heavy atom. The van der Waals surface area contributed by atoms with Gasteiger partial charge in [-0.3, -0.25) is 0 Å². The lowest BCUT2D eigenvalue weighted by molar-refractivity contribution is 0.276. The number of rotatable bonds is 9. The molecule has 1 aromatic carbocycles. The molecule has 144 valence electrons. The second-order valence-electron chi connectivity index (χ2n) is 6.70. The van der Waals surface area contributed by atoms with Crippen molar-refractivity contribution in [2.24, 2.45) is 0 Å². The van der Waals surface area contributed by atoms with Gasteiger partial charge in [0.15, 0.2) is 5.82 Å². The van der Waals surface area contributed by atoms with Gasteiger partial charge in [-0.05, 0) is 25.0 Å². The molecule has 0 amide bonds. The van der Waals surface area contributed by atoms with Crippen molar-refractivity contribution in [2.75, 3.05) is 17.7 Å². The van der Waals surface area contributed by atoms with Gasteiger partial charge in [-0.15, -0.1) is 0 Å². The smallest absolute Gasteiger partial charge is 0.222 e. The molecular weight excluding hydrogens is 345 g/mol. The molecule has 7 heteroatoms. The molecule has 1 unspecified atom stereocenters. The van der Waals surface area contributed by atoms with Crippen molar-refractivity contribution in [2.45, 2.75) is 45.2 Å². The minimum Gasteiger partial charge on any atom is -0.396 e. The van der Waals surface area contributed by atoms with E-state index in [9.17, 15) is 9.50 Å². The maximum atomic E-state index is 14.1. The van der Waals surface area contributed by atoms with Crippen LogP contribution in [0, 0.1) is 5.82 Å². The van der Waals surface area contributed by atoms with E-state index in [1.54, 1.807) is 12.1 Å². The van der Waals surface area contributed by atoms with Crippen molar-refractivity contribution in [1.82, 2.24) is 14.5 Å². The van der Waals surface area contributed by atoms with Crippen LogP contribution in [0.3, 0.4) is 0 Å². The monoisotopic (exact) mass is 371 g/mol. The summed E-state index contributed by atoms with van der Waals surface area (Å²) >= 11 is 0. The first-order valence-electron chi connectivity index (χ1n) is 9.35. The highest BCUT2D eigenvalue weighted by molar-refractivity contribution is 5.87. The largest absolute Gasteiger partial charge is 0.396 e. The van der Waals surface area contributed by atoms with Crippen LogP contribution in [0.2, 0.25) is 0 Å². The van der Waals surface area contributed by atoms with Crippen LogP contribution in [0.1, 0.15) is 38.2 Å². The minimum absolute atomic E-state index is 0.0873. The maximum absolute atomic E-state index is 14.1. The third-order valence-electron chi connectivity index (χ3n) is 4.65. The number of hydrogen-bond acceptors (Lipinski definition) is 5. The van der Waals surface area contributed by atoms with E-state index in [-0.39, 0.29) is 24.4 Å². The van der Waals surface area contributed by atoms with Crippen molar-refractivity contribution in [3.8, 4) is 0 Å². The van der Waals surface area contributed by atoms with Crippen LogP contribution in [-0.2, 0) is 6.54 Å². The molecule has 0 saturated heterocycles. The van der Waals surface area contributed by atoms with Crippen LogP contribution in [0.15, 0.2) is 36.5 Å². The lowest BCUT2D eigenvalue weighted by Gasteiger charge is -2.20. The summed E-state index contributed by atoms with van der Waals surface area (Å²) in [5.74, 6) is 0.562. The highest BCUT2D eigenvalue weighted by Crippen LogP contribution is 2.25. The second-order valence-corrected chi connectivity index (χ2v) is 6.70. The van der Waals surface area contributed by atoms with Crippen molar-refractivity contribution >= 4 is 22.8 Å². The number of halogens is 1. The van der Waals surface area contributed by atoms with Gasteiger partial charge in [0.2, 0.25) is 5.95 Å². The maximum Gasteiger partial charge on any atom is 0.222 e. The fourth-order valence-electron chi connectivity index (χ4n) is 3.26. The number of nitrogen functional groups attached to an aromatic ring is 1. The highest BCUT2D eigenvalue weighted by Gasteiger charge is 2.16. The Hall–Kier alpha value is -2.67. The minimum atomic E-state index is -0.244. The summed E-state index contributed by atoms with van der Waals surface area (Å²) in [5, 5.41) is 12.8. The Bertz CT molecular complexity index is 895. The molecule has 0 aliphatic carbocycles. The lowest BCUT2D eigenvalue weighted by atomic mass is 10.1. The number of benzene rings is 1. The van der Waals surface area contributed by atoms with Crippen molar-refractivity contribution in [1.29, 1.82) is 0 Å². The average molecular weight is 371 g/mol. The van der Waals surface area contributed by atoms with Crippen LogP contribution in [-0.4, -0.2) is 32.3 Å². The van der Waals surface area contributed by atoms with Gasteiger partial charge in [0.25, 0.3) is 0 Å². The van der Waals surface area contributed by atoms with Crippen LogP contribution in [0.5, 0.6) is 0 Å². The first-order chi connectivity index (χ1) is 13.1. The SMILES string of the molecule is CCCCC(CCO)Nc1nc(N)nc2ccn(Cc3ccccc3F)c12. The molecule has 0 saturated carbocycles. The zero-order chi connectivity index (χ0) is 19.2. The summed E-state index contributed by atoms with van der Waals surface area (Å²) in [4.78, 5) is 8.69. The normalized spacial score (nSPS) is 12.4. The molecule has 0 aliphatic heterocycles. The molecule has 4 N–H and O–H groups in total. The first kappa shape index (κ1) is 19.1. The summed E-state index contributed by atoms with van der Waals surface area (Å²) in [5.41, 5.74) is 7.96. The van der Waals surface area contributed by atoms with Gasteiger partial charge in [-0.1, -0.05) is 38.0 Å². The molecule has 2 heterocycles. The zero-order valence-corrected chi connectivity index (χ0v) is 15.5. The molecule has 27 heavy (non-hydrogen) atoms. The molecule has 0 fully saturated rings. The standard InChI is InChI=1S/C20H26FN5O/c1-2-3-7-15(10-12-27)23-19-18-17(24-20(22)25-19)9-11-26(18)13-14-6-4-5-8-16(14)21/h4-6,8-9,11,15,27H,2-3,7,10,12-13H2,1H3,(H3,22,23,24,25). The van der Waals surface area contributed by atoms with Crippen LogP contribution in [0.4, 0.5) is 16.2 Å². The molecule has 2 aromatic heterocycles. The number of nitrogens with two attached hydrogens (primary N) is 1. The Labute approximate surface area is 158 Å². The fraction of sp³-hybridized carbons (Fsp3) is 0.400. The molecule has 6 nitrogen and oxygen atoms in total. The van der Waals surface area contributed by atoms with Crippen LogP contribution in [0.25, 0.3) is 11.0 Å². The van der Waals surface area contributed by atoms with Gasteiger partial charge in [0.1, 0.15) is 11.3 Å². The summed E-state index contributed by atoms with van der Waals surface area (Å²) in [6, 6.07) is 8.66. The number of anilines is 2. The second kappa shape index (κ2) is 8.81. The number of fused-ring (bicyclic) bond motifs is 1. The van der Waals surface area contributed by atoms with E-state index < -0.39 is 0 Å². The Balaban J connectivity index is 1.96. The molecular formula is C20H26FN5O. The topological polar surface area (TPSA) is 89.0 Å². The van der Waals surface area contributed by atoms with Crippen LogP contribution < -0.4 is 11.1 Å². The highest BCUT2D eigenvalue weighted by atomic mass is 19.1. The van der Waals surface area contributed by atoms with E-state index in [0.717, 1.165) is 24.8 Å². The first-order valence-corrected chi connectivity index (χ1v) is 9.35. The zero-order valence-electron chi connectivity index (χ0n) is 15.5. The van der Waals surface area contributed by atoms with Gasteiger partial charge in [-0.2, -0.15) is 4.98 Å².